The van der Waals surface area contributed by atoms with Crippen LogP contribution in [0.5, 0.6) is 0 Å². The summed E-state index contributed by atoms with van der Waals surface area (Å²) in [5.74, 6) is 0. The second-order valence-electron chi connectivity index (χ2n) is 3.82. The fourth-order valence-electron chi connectivity index (χ4n) is 1.46. The summed E-state index contributed by atoms with van der Waals surface area (Å²) in [5.41, 5.74) is 5.95. The summed E-state index contributed by atoms with van der Waals surface area (Å²) >= 11 is 5.10. The molecule has 0 aliphatic rings. The standard InChI is InChI=1S/C11H18BrNO2S/c1-7(6-14-3)15-11(8(2)13)9-4-5-10(12)16-9/h4-5,7-8,11H,6,13H2,1-3H3. The lowest BCUT2D eigenvalue weighted by molar-refractivity contribution is -0.0466. The third-order valence-electron chi connectivity index (χ3n) is 2.13. The average Bonchev–Trinajstić information content (AvgIpc) is 2.61. The van der Waals surface area contributed by atoms with Crippen LogP contribution in [0.4, 0.5) is 0 Å². The number of ether oxygens (including phenoxy) is 2. The van der Waals surface area contributed by atoms with E-state index in [9.17, 15) is 0 Å². The van der Waals surface area contributed by atoms with Crippen molar-refractivity contribution in [3.8, 4) is 0 Å². The minimum Gasteiger partial charge on any atom is -0.382 e. The molecule has 1 rings (SSSR count). The molecule has 0 amide bonds. The van der Waals surface area contributed by atoms with Crippen molar-refractivity contribution in [3.63, 3.8) is 0 Å². The zero-order valence-electron chi connectivity index (χ0n) is 9.77. The Kier molecular flexibility index (Phi) is 5.92. The van der Waals surface area contributed by atoms with E-state index in [1.165, 1.54) is 0 Å². The molecule has 0 radical (unpaired) electrons. The molecule has 0 bridgehead atoms. The maximum atomic E-state index is 5.95. The average molecular weight is 308 g/mol. The van der Waals surface area contributed by atoms with Gasteiger partial charge in [-0.1, -0.05) is 0 Å². The Labute approximate surface area is 109 Å². The molecule has 1 aromatic heterocycles. The topological polar surface area (TPSA) is 44.5 Å². The van der Waals surface area contributed by atoms with Crippen molar-refractivity contribution in [2.24, 2.45) is 5.73 Å². The molecule has 5 heteroatoms. The fourth-order valence-corrected chi connectivity index (χ4v) is 3.03. The number of rotatable bonds is 6. The number of methoxy groups -OCH3 is 1. The minimum absolute atomic E-state index is 0.0372. The van der Waals surface area contributed by atoms with Crippen LogP contribution in [0.1, 0.15) is 24.8 Å². The highest BCUT2D eigenvalue weighted by molar-refractivity contribution is 9.11. The molecule has 3 atom stereocenters. The SMILES string of the molecule is COCC(C)OC(c1ccc(Br)s1)C(C)N. The maximum absolute atomic E-state index is 5.95. The van der Waals surface area contributed by atoms with Gasteiger partial charge in [0.2, 0.25) is 0 Å². The first-order valence-electron chi connectivity index (χ1n) is 5.19. The lowest BCUT2D eigenvalue weighted by atomic mass is 10.1. The highest BCUT2D eigenvalue weighted by Crippen LogP contribution is 2.31. The fraction of sp³-hybridized carbons (Fsp3) is 0.636. The molecule has 0 saturated heterocycles. The van der Waals surface area contributed by atoms with Crippen molar-refractivity contribution in [1.82, 2.24) is 0 Å². The lowest BCUT2D eigenvalue weighted by Crippen LogP contribution is -2.30. The summed E-state index contributed by atoms with van der Waals surface area (Å²) in [6.45, 7) is 4.52. The van der Waals surface area contributed by atoms with Crippen molar-refractivity contribution < 1.29 is 9.47 Å². The van der Waals surface area contributed by atoms with Crippen LogP contribution in [-0.2, 0) is 9.47 Å². The molecule has 92 valence electrons. The quantitative estimate of drug-likeness (QED) is 0.879. The molecule has 2 N–H and O–H groups in total. The molecule has 0 aromatic carbocycles. The van der Waals surface area contributed by atoms with E-state index in [0.717, 1.165) is 8.66 Å². The Bertz CT molecular complexity index is 317. The summed E-state index contributed by atoms with van der Waals surface area (Å²) < 4.78 is 12.0. The van der Waals surface area contributed by atoms with E-state index in [1.54, 1.807) is 18.4 Å². The Morgan fingerprint density at radius 3 is 2.56 bits per heavy atom. The van der Waals surface area contributed by atoms with Gasteiger partial charge in [0, 0.05) is 18.0 Å². The van der Waals surface area contributed by atoms with E-state index in [-0.39, 0.29) is 18.2 Å². The van der Waals surface area contributed by atoms with E-state index in [1.807, 2.05) is 26.0 Å². The smallest absolute Gasteiger partial charge is 0.107 e. The van der Waals surface area contributed by atoms with Crippen LogP contribution in [0.25, 0.3) is 0 Å². The predicted molar refractivity (Wildman–Crippen MR) is 70.8 cm³/mol. The van der Waals surface area contributed by atoms with Crippen LogP contribution in [0, 0.1) is 0 Å². The van der Waals surface area contributed by atoms with Crippen molar-refractivity contribution in [2.45, 2.75) is 32.1 Å². The first-order chi connectivity index (χ1) is 7.54. The Morgan fingerprint density at radius 2 is 2.12 bits per heavy atom. The molecule has 16 heavy (non-hydrogen) atoms. The van der Waals surface area contributed by atoms with Gasteiger partial charge in [-0.15, -0.1) is 11.3 Å². The van der Waals surface area contributed by atoms with Gasteiger partial charge in [-0.25, -0.2) is 0 Å². The molecule has 3 unspecified atom stereocenters. The largest absolute Gasteiger partial charge is 0.382 e. The van der Waals surface area contributed by atoms with Crippen molar-refractivity contribution in [1.29, 1.82) is 0 Å². The molecule has 3 nitrogen and oxygen atoms in total. The zero-order chi connectivity index (χ0) is 12.1. The minimum atomic E-state index is -0.0681. The number of hydrogen-bond acceptors (Lipinski definition) is 4. The van der Waals surface area contributed by atoms with Gasteiger partial charge >= 0.3 is 0 Å². The molecule has 0 fully saturated rings. The third kappa shape index (κ3) is 4.14. The van der Waals surface area contributed by atoms with Crippen molar-refractivity contribution in [3.05, 3.63) is 20.8 Å². The molecule has 0 saturated carbocycles. The van der Waals surface area contributed by atoms with E-state index in [0.29, 0.717) is 6.61 Å². The van der Waals surface area contributed by atoms with E-state index in [2.05, 4.69) is 15.9 Å². The van der Waals surface area contributed by atoms with Gasteiger partial charge in [0.15, 0.2) is 0 Å². The van der Waals surface area contributed by atoms with Gasteiger partial charge in [-0.3, -0.25) is 0 Å². The van der Waals surface area contributed by atoms with Gasteiger partial charge in [-0.05, 0) is 41.9 Å². The van der Waals surface area contributed by atoms with E-state index >= 15 is 0 Å². The van der Waals surface area contributed by atoms with Gasteiger partial charge in [0.1, 0.15) is 6.10 Å². The summed E-state index contributed by atoms with van der Waals surface area (Å²) in [4.78, 5) is 1.14. The highest BCUT2D eigenvalue weighted by atomic mass is 79.9. The van der Waals surface area contributed by atoms with Crippen LogP contribution in [0.15, 0.2) is 15.9 Å². The first-order valence-corrected chi connectivity index (χ1v) is 6.80. The van der Waals surface area contributed by atoms with Crippen molar-refractivity contribution in [2.75, 3.05) is 13.7 Å². The number of thiophene rings is 1. The summed E-state index contributed by atoms with van der Waals surface area (Å²) in [6.07, 6.45) is -0.0247. The van der Waals surface area contributed by atoms with Crippen LogP contribution in [-0.4, -0.2) is 25.9 Å². The van der Waals surface area contributed by atoms with Crippen LogP contribution < -0.4 is 5.73 Å². The molecule has 1 heterocycles. The van der Waals surface area contributed by atoms with Gasteiger partial charge in [0.25, 0.3) is 0 Å². The number of nitrogens with two attached hydrogens (primary N) is 1. The normalized spacial score (nSPS) is 17.1. The van der Waals surface area contributed by atoms with Crippen LogP contribution in [0.2, 0.25) is 0 Å². The molecule has 1 aromatic rings. The second-order valence-corrected chi connectivity index (χ2v) is 6.32. The monoisotopic (exact) mass is 307 g/mol. The van der Waals surface area contributed by atoms with Crippen molar-refractivity contribution >= 4 is 27.3 Å². The van der Waals surface area contributed by atoms with E-state index in [4.69, 9.17) is 15.2 Å². The Morgan fingerprint density at radius 1 is 1.44 bits per heavy atom. The third-order valence-corrected chi connectivity index (χ3v) is 3.82. The number of halogens is 1. The zero-order valence-corrected chi connectivity index (χ0v) is 12.2. The maximum Gasteiger partial charge on any atom is 0.107 e. The molecule has 0 spiro atoms. The van der Waals surface area contributed by atoms with E-state index < -0.39 is 0 Å². The van der Waals surface area contributed by atoms with Crippen LogP contribution >= 0.6 is 27.3 Å². The first kappa shape index (κ1) is 14.1. The molecular formula is C11H18BrNO2S. The highest BCUT2D eigenvalue weighted by Gasteiger charge is 2.21. The molecular weight excluding hydrogens is 290 g/mol. The summed E-state index contributed by atoms with van der Waals surface area (Å²) in [7, 11) is 1.67. The second kappa shape index (κ2) is 6.71. The summed E-state index contributed by atoms with van der Waals surface area (Å²) in [5, 5.41) is 0. The van der Waals surface area contributed by atoms with Gasteiger partial charge in [0.05, 0.1) is 16.5 Å². The van der Waals surface area contributed by atoms with Gasteiger partial charge < -0.3 is 15.2 Å². The Balaban J connectivity index is 2.68. The number of hydrogen-bond donors (Lipinski definition) is 1. The molecule has 0 aliphatic carbocycles. The van der Waals surface area contributed by atoms with Gasteiger partial charge in [-0.2, -0.15) is 0 Å². The summed E-state index contributed by atoms with van der Waals surface area (Å²) in [6, 6.07) is 4.02. The predicted octanol–water partition coefficient (Wildman–Crippen LogP) is 2.95. The molecule has 0 aliphatic heterocycles. The van der Waals surface area contributed by atoms with Crippen LogP contribution in [0.3, 0.4) is 0 Å². The lowest BCUT2D eigenvalue weighted by Gasteiger charge is -2.24. The Hall–Kier alpha value is 0.0600.